The molecule has 0 bridgehead atoms. The van der Waals surface area contributed by atoms with Crippen molar-refractivity contribution in [2.45, 2.75) is 5.41 Å². The van der Waals surface area contributed by atoms with Gasteiger partial charge < -0.3 is 4.90 Å². The fourth-order valence-corrected chi connectivity index (χ4v) is 9.50. The van der Waals surface area contributed by atoms with Gasteiger partial charge >= 0.3 is 0 Å². The Balaban J connectivity index is 1.23. The predicted molar refractivity (Wildman–Crippen MR) is 226 cm³/mol. The lowest BCUT2D eigenvalue weighted by atomic mass is 9.67. The van der Waals surface area contributed by atoms with Gasteiger partial charge in [-0.1, -0.05) is 188 Å². The Hall–Kier alpha value is -6.96. The highest BCUT2D eigenvalue weighted by Crippen LogP contribution is 2.58. The Bertz CT molecular complexity index is 2800. The molecule has 0 fully saturated rings. The number of hydrogen-bond donors (Lipinski definition) is 0. The van der Waals surface area contributed by atoms with Gasteiger partial charge in [0, 0.05) is 16.6 Å². The third kappa shape index (κ3) is 4.33. The average Bonchev–Trinajstić information content (AvgIpc) is 3.74. The Morgan fingerprint density at radius 3 is 1.54 bits per heavy atom. The van der Waals surface area contributed by atoms with E-state index in [9.17, 15) is 0 Å². The van der Waals surface area contributed by atoms with Gasteiger partial charge in [0.25, 0.3) is 0 Å². The van der Waals surface area contributed by atoms with Crippen molar-refractivity contribution < 1.29 is 0 Å². The minimum atomic E-state index is -0.501. The van der Waals surface area contributed by atoms with Crippen LogP contribution in [0.2, 0.25) is 0 Å². The molecule has 2 aliphatic carbocycles. The van der Waals surface area contributed by atoms with Crippen molar-refractivity contribution in [3.63, 3.8) is 0 Å². The molecule has 0 spiro atoms. The van der Waals surface area contributed by atoms with Crippen molar-refractivity contribution in [3.05, 3.63) is 235 Å². The molecule has 54 heavy (non-hydrogen) atoms. The Morgan fingerprint density at radius 1 is 0.315 bits per heavy atom. The summed E-state index contributed by atoms with van der Waals surface area (Å²) in [5.74, 6) is 0. The van der Waals surface area contributed by atoms with Crippen LogP contribution in [0.5, 0.6) is 0 Å². The van der Waals surface area contributed by atoms with E-state index in [0.717, 1.165) is 17.1 Å². The summed E-state index contributed by atoms with van der Waals surface area (Å²) in [5.41, 5.74) is 18.2. The number of anilines is 3. The van der Waals surface area contributed by atoms with Crippen LogP contribution in [0, 0.1) is 0 Å². The first-order chi connectivity index (χ1) is 26.8. The minimum Gasteiger partial charge on any atom is -0.309 e. The fraction of sp³-hybridized carbons (Fsp3) is 0.0189. The lowest BCUT2D eigenvalue weighted by Gasteiger charge is -2.35. The van der Waals surface area contributed by atoms with Gasteiger partial charge in [0.05, 0.1) is 16.8 Å². The molecule has 1 heteroatoms. The zero-order valence-electron chi connectivity index (χ0n) is 29.7. The summed E-state index contributed by atoms with van der Waals surface area (Å²) in [6, 6.07) is 78.3. The summed E-state index contributed by atoms with van der Waals surface area (Å²) < 4.78 is 0. The van der Waals surface area contributed by atoms with Crippen molar-refractivity contribution >= 4 is 27.8 Å². The van der Waals surface area contributed by atoms with E-state index < -0.39 is 5.41 Å². The smallest absolute Gasteiger partial charge is 0.0714 e. The van der Waals surface area contributed by atoms with Crippen molar-refractivity contribution in [2.24, 2.45) is 0 Å². The maximum Gasteiger partial charge on any atom is 0.0714 e. The topological polar surface area (TPSA) is 3.24 Å². The van der Waals surface area contributed by atoms with Gasteiger partial charge in [-0.05, 0) is 90.8 Å². The molecular formula is C53H35N. The molecule has 2 aliphatic rings. The molecule has 0 saturated carbocycles. The van der Waals surface area contributed by atoms with Crippen LogP contribution in [0.15, 0.2) is 212 Å². The van der Waals surface area contributed by atoms with Gasteiger partial charge in [-0.15, -0.1) is 0 Å². The molecule has 0 unspecified atom stereocenters. The van der Waals surface area contributed by atoms with E-state index in [1.165, 1.54) is 77.5 Å². The summed E-state index contributed by atoms with van der Waals surface area (Å²) in [6.45, 7) is 0. The van der Waals surface area contributed by atoms with Gasteiger partial charge in [0.2, 0.25) is 0 Å². The maximum absolute atomic E-state index is 2.51. The van der Waals surface area contributed by atoms with Crippen LogP contribution in [0.1, 0.15) is 22.3 Å². The zero-order valence-corrected chi connectivity index (χ0v) is 29.7. The molecule has 0 atom stereocenters. The quantitative estimate of drug-likeness (QED) is 0.168. The lowest BCUT2D eigenvalue weighted by molar-refractivity contribution is 0.768. The average molecular weight is 686 g/mol. The van der Waals surface area contributed by atoms with Gasteiger partial charge in [-0.2, -0.15) is 0 Å². The molecular weight excluding hydrogens is 651 g/mol. The van der Waals surface area contributed by atoms with Crippen LogP contribution in [0.4, 0.5) is 17.1 Å². The highest BCUT2D eigenvalue weighted by Gasteiger charge is 2.46. The van der Waals surface area contributed by atoms with Gasteiger partial charge in [0.1, 0.15) is 0 Å². The molecule has 0 saturated heterocycles. The van der Waals surface area contributed by atoms with E-state index in [4.69, 9.17) is 0 Å². The highest BCUT2D eigenvalue weighted by molar-refractivity contribution is 6.19. The molecule has 0 heterocycles. The summed E-state index contributed by atoms with van der Waals surface area (Å²) in [5, 5.41) is 2.56. The number of fused-ring (bicyclic) bond motifs is 6. The van der Waals surface area contributed by atoms with Crippen LogP contribution >= 0.6 is 0 Å². The van der Waals surface area contributed by atoms with Gasteiger partial charge in [0.15, 0.2) is 0 Å². The molecule has 0 radical (unpaired) electrons. The first-order valence-electron chi connectivity index (χ1n) is 18.8. The monoisotopic (exact) mass is 685 g/mol. The van der Waals surface area contributed by atoms with Crippen LogP contribution in [0.25, 0.3) is 55.3 Å². The van der Waals surface area contributed by atoms with Crippen molar-refractivity contribution in [1.29, 1.82) is 0 Å². The molecule has 0 amide bonds. The van der Waals surface area contributed by atoms with Gasteiger partial charge in [-0.3, -0.25) is 0 Å². The third-order valence-corrected chi connectivity index (χ3v) is 11.7. The van der Waals surface area contributed by atoms with E-state index in [1.54, 1.807) is 0 Å². The highest BCUT2D eigenvalue weighted by atomic mass is 15.1. The number of nitrogens with zero attached hydrogens (tertiary/aromatic N) is 1. The normalized spacial score (nSPS) is 13.0. The van der Waals surface area contributed by atoms with E-state index in [1.807, 2.05) is 0 Å². The first kappa shape index (κ1) is 30.6. The Morgan fingerprint density at radius 2 is 0.833 bits per heavy atom. The number of hydrogen-bond acceptors (Lipinski definition) is 1. The second kappa shape index (κ2) is 12.0. The molecule has 0 aromatic heterocycles. The molecule has 252 valence electrons. The fourth-order valence-electron chi connectivity index (χ4n) is 9.50. The minimum absolute atomic E-state index is 0.501. The third-order valence-electron chi connectivity index (χ3n) is 11.7. The van der Waals surface area contributed by atoms with Crippen LogP contribution in [-0.2, 0) is 5.41 Å². The number of rotatable bonds is 6. The maximum atomic E-state index is 2.51. The van der Waals surface area contributed by atoms with Crippen LogP contribution in [0.3, 0.4) is 0 Å². The lowest BCUT2D eigenvalue weighted by Crippen LogP contribution is -2.28. The van der Waals surface area contributed by atoms with Crippen LogP contribution in [-0.4, -0.2) is 0 Å². The van der Waals surface area contributed by atoms with Crippen molar-refractivity contribution in [1.82, 2.24) is 0 Å². The molecule has 0 N–H and O–H groups in total. The summed E-state index contributed by atoms with van der Waals surface area (Å²) in [4.78, 5) is 2.51. The molecule has 1 nitrogen and oxygen atoms in total. The molecule has 11 rings (SSSR count). The largest absolute Gasteiger partial charge is 0.309 e. The standard InChI is InChI=1S/C53H35N/c1-4-17-36(18-5-1)40-23-13-15-30-50(40)54(51-34-33-46-42-25-11-10-24-41(42)45-27-16-28-47(51)52(45)46)39-31-32-44-43-26-12-14-29-48(43)53(49(44)35-39,37-19-6-2-7-20-37)38-21-8-3-9-22-38/h1-35H. The Labute approximate surface area is 316 Å². The second-order valence-corrected chi connectivity index (χ2v) is 14.4. The zero-order chi connectivity index (χ0) is 35.6. The van der Waals surface area contributed by atoms with Gasteiger partial charge in [-0.25, -0.2) is 0 Å². The first-order valence-corrected chi connectivity index (χ1v) is 18.8. The summed E-state index contributed by atoms with van der Waals surface area (Å²) in [6.07, 6.45) is 0. The van der Waals surface area contributed by atoms with Crippen LogP contribution < -0.4 is 4.90 Å². The Kier molecular flexibility index (Phi) is 6.84. The second-order valence-electron chi connectivity index (χ2n) is 14.4. The SMILES string of the molecule is c1ccc(-c2ccccc2N(c2ccc3c(c2)C(c2ccccc2)(c2ccccc2)c2ccccc2-3)c2ccc3c4c(cccc24)-c2ccccc2-3)cc1. The van der Waals surface area contributed by atoms with Crippen molar-refractivity contribution in [3.8, 4) is 44.5 Å². The van der Waals surface area contributed by atoms with E-state index >= 15 is 0 Å². The molecule has 9 aromatic carbocycles. The number of benzene rings is 9. The molecule has 0 aliphatic heterocycles. The van der Waals surface area contributed by atoms with Crippen molar-refractivity contribution in [2.75, 3.05) is 4.90 Å². The van der Waals surface area contributed by atoms with E-state index in [-0.39, 0.29) is 0 Å². The number of para-hydroxylation sites is 1. The van der Waals surface area contributed by atoms with E-state index in [2.05, 4.69) is 217 Å². The predicted octanol–water partition coefficient (Wildman–Crippen LogP) is 14.0. The summed E-state index contributed by atoms with van der Waals surface area (Å²) >= 11 is 0. The van der Waals surface area contributed by atoms with E-state index in [0.29, 0.717) is 0 Å². The molecule has 9 aromatic rings. The summed E-state index contributed by atoms with van der Waals surface area (Å²) in [7, 11) is 0.